The molecule has 8 heteroatoms. The Morgan fingerprint density at radius 3 is 1.66 bits per heavy atom. The molecule has 0 aliphatic rings. The van der Waals surface area contributed by atoms with Gasteiger partial charge >= 0.3 is 5.97 Å². The molecule has 0 atom stereocenters. The number of unbranched alkanes of at least 4 members (excludes halogenated alkanes) is 12. The number of fused-ring (bicyclic) bond motifs is 1. The molecule has 0 radical (unpaired) electrons. The fourth-order valence-electron chi connectivity index (χ4n) is 5.84. The predicted octanol–water partition coefficient (Wildman–Crippen LogP) is 10.2. The summed E-state index contributed by atoms with van der Waals surface area (Å²) >= 11 is 0. The van der Waals surface area contributed by atoms with E-state index in [0.717, 1.165) is 77.0 Å². The highest BCUT2D eigenvalue weighted by atomic mass is 16.5. The smallest absolute Gasteiger partial charge is 0.311 e. The lowest BCUT2D eigenvalue weighted by Crippen LogP contribution is -2.17. The number of ether oxygens (including phenoxy) is 1. The second-order valence-electron chi connectivity index (χ2n) is 12.4. The van der Waals surface area contributed by atoms with Crippen LogP contribution in [0.1, 0.15) is 157 Å². The molecule has 0 saturated carbocycles. The maximum absolute atomic E-state index is 14.0. The van der Waals surface area contributed by atoms with Crippen molar-refractivity contribution in [1.82, 2.24) is 0 Å². The first-order chi connectivity index (χ1) is 22.8. The minimum atomic E-state index is -0.954. The van der Waals surface area contributed by atoms with Crippen LogP contribution in [0.5, 0.6) is 17.2 Å². The number of carbonyl (C=O) groups is 3. The van der Waals surface area contributed by atoms with Crippen LogP contribution in [-0.2, 0) is 4.79 Å². The number of ketones is 2. The van der Waals surface area contributed by atoms with E-state index in [-0.39, 0.29) is 41.7 Å². The van der Waals surface area contributed by atoms with Gasteiger partial charge in [-0.05, 0) is 19.3 Å². The number of phenols is 1. The Hall–Kier alpha value is -3.94. The number of esters is 1. The van der Waals surface area contributed by atoms with E-state index in [4.69, 9.17) is 9.15 Å². The Balaban J connectivity index is 2.22. The number of hydrogen-bond acceptors (Lipinski definition) is 8. The molecule has 0 saturated heterocycles. The molecule has 8 nitrogen and oxygen atoms in total. The minimum absolute atomic E-state index is 0.0222. The summed E-state index contributed by atoms with van der Waals surface area (Å²) in [5.41, 5.74) is -1.59. The molecule has 0 spiro atoms. The first kappa shape index (κ1) is 37.5. The molecule has 47 heavy (non-hydrogen) atoms. The minimum Gasteiger partial charge on any atom is -0.506 e. The van der Waals surface area contributed by atoms with Crippen LogP contribution in [0.3, 0.4) is 0 Å². The van der Waals surface area contributed by atoms with Crippen LogP contribution < -0.4 is 10.2 Å². The Kier molecular flexibility index (Phi) is 15.7. The van der Waals surface area contributed by atoms with Gasteiger partial charge in [0, 0.05) is 24.8 Å². The molecule has 0 amide bonds. The van der Waals surface area contributed by atoms with E-state index in [1.165, 1.54) is 0 Å². The van der Waals surface area contributed by atoms with Gasteiger partial charge in [-0.2, -0.15) is 0 Å². The van der Waals surface area contributed by atoms with E-state index in [1.807, 2.05) is 0 Å². The summed E-state index contributed by atoms with van der Waals surface area (Å²) in [6, 6.07) is 8.44. The average molecular weight is 649 g/mol. The molecular formula is C39H52O8. The summed E-state index contributed by atoms with van der Waals surface area (Å²) in [7, 11) is 0. The average Bonchev–Trinajstić information content (AvgIpc) is 3.06. The monoisotopic (exact) mass is 648 g/mol. The number of carbonyl (C=O) groups excluding carboxylic acids is 3. The fourth-order valence-corrected chi connectivity index (χ4v) is 5.84. The zero-order valence-corrected chi connectivity index (χ0v) is 28.5. The summed E-state index contributed by atoms with van der Waals surface area (Å²) in [6.07, 6.45) is 13.2. The highest BCUT2D eigenvalue weighted by molar-refractivity contribution is 6.17. The quantitative estimate of drug-likeness (QED) is 0.0476. The lowest BCUT2D eigenvalue weighted by molar-refractivity contribution is -0.134. The Morgan fingerprint density at radius 2 is 1.13 bits per heavy atom. The molecule has 0 aliphatic carbocycles. The van der Waals surface area contributed by atoms with Crippen molar-refractivity contribution >= 4 is 28.5 Å². The van der Waals surface area contributed by atoms with E-state index in [1.54, 1.807) is 30.3 Å². The van der Waals surface area contributed by atoms with Crippen LogP contribution in [0.15, 0.2) is 39.5 Å². The second-order valence-corrected chi connectivity index (χ2v) is 12.4. The van der Waals surface area contributed by atoms with Gasteiger partial charge in [0.05, 0.1) is 0 Å². The van der Waals surface area contributed by atoms with Gasteiger partial charge in [-0.1, -0.05) is 128 Å². The topological polar surface area (TPSA) is 131 Å². The highest BCUT2D eigenvalue weighted by Crippen LogP contribution is 2.44. The van der Waals surface area contributed by atoms with Gasteiger partial charge in [0.2, 0.25) is 11.2 Å². The molecule has 3 aromatic rings. The van der Waals surface area contributed by atoms with Gasteiger partial charge < -0.3 is 19.4 Å². The molecule has 2 N–H and O–H groups in total. The largest absolute Gasteiger partial charge is 0.506 e. The van der Waals surface area contributed by atoms with E-state index >= 15 is 0 Å². The van der Waals surface area contributed by atoms with Crippen molar-refractivity contribution in [3.05, 3.63) is 51.7 Å². The van der Waals surface area contributed by atoms with Crippen molar-refractivity contribution in [2.45, 2.75) is 136 Å². The Bertz CT molecular complexity index is 1540. The van der Waals surface area contributed by atoms with Gasteiger partial charge in [0.15, 0.2) is 28.7 Å². The van der Waals surface area contributed by atoms with Gasteiger partial charge in [-0.25, -0.2) is 0 Å². The standard InChI is InChI=1S/C39H52O8/c1-4-7-10-13-19-24-28(40)31-34(43)32(29(41)25-20-14-11-8-5-2)39-33(38(31)46-30(42)26-21-15-12-9-6-3)35(44)36(45)37(47-39)27-22-17-16-18-23-27/h16-18,22-23,43,45H,4-15,19-21,24-26H2,1-3H3. The number of hydrogen-bond donors (Lipinski definition) is 2. The SMILES string of the molecule is CCCCCCCC(=O)Oc1c(C(=O)CCCCCCC)c(O)c(C(=O)CCCCCCC)c2oc(-c3ccccc3)c(O)c(=O)c12. The van der Waals surface area contributed by atoms with Gasteiger partial charge in [0.25, 0.3) is 0 Å². The maximum Gasteiger partial charge on any atom is 0.311 e. The zero-order valence-electron chi connectivity index (χ0n) is 28.5. The third-order valence-electron chi connectivity index (χ3n) is 8.55. The number of Topliss-reactive ketones (excluding diaryl/α,β-unsaturated/α-hetero) is 2. The zero-order chi connectivity index (χ0) is 34.2. The number of rotatable bonds is 22. The van der Waals surface area contributed by atoms with Crippen molar-refractivity contribution in [2.75, 3.05) is 0 Å². The Labute approximate surface area is 278 Å². The molecule has 0 bridgehead atoms. The van der Waals surface area contributed by atoms with Crippen molar-refractivity contribution in [1.29, 1.82) is 0 Å². The number of benzene rings is 2. The van der Waals surface area contributed by atoms with Crippen LogP contribution in [-0.4, -0.2) is 27.7 Å². The van der Waals surface area contributed by atoms with Gasteiger partial charge in [-0.3, -0.25) is 19.2 Å². The number of aromatic hydroxyl groups is 2. The van der Waals surface area contributed by atoms with E-state index in [0.29, 0.717) is 24.8 Å². The van der Waals surface area contributed by atoms with Gasteiger partial charge in [0.1, 0.15) is 22.3 Å². The van der Waals surface area contributed by atoms with Crippen LogP contribution >= 0.6 is 0 Å². The molecule has 1 heterocycles. The summed E-state index contributed by atoms with van der Waals surface area (Å²) in [4.78, 5) is 54.8. The van der Waals surface area contributed by atoms with Crippen molar-refractivity contribution in [3.63, 3.8) is 0 Å². The van der Waals surface area contributed by atoms with E-state index in [2.05, 4.69) is 20.8 Å². The van der Waals surface area contributed by atoms with Crippen LogP contribution in [0.2, 0.25) is 0 Å². The van der Waals surface area contributed by atoms with Crippen LogP contribution in [0.4, 0.5) is 0 Å². The summed E-state index contributed by atoms with van der Waals surface area (Å²) in [5.74, 6) is -3.78. The molecule has 3 rings (SSSR count). The van der Waals surface area contributed by atoms with E-state index < -0.39 is 45.6 Å². The summed E-state index contributed by atoms with van der Waals surface area (Å²) < 4.78 is 11.9. The molecule has 1 aromatic heterocycles. The van der Waals surface area contributed by atoms with Crippen molar-refractivity contribution in [3.8, 4) is 28.6 Å². The third kappa shape index (κ3) is 10.3. The first-order valence-corrected chi connectivity index (χ1v) is 17.7. The molecule has 256 valence electrons. The maximum atomic E-state index is 14.0. The van der Waals surface area contributed by atoms with Gasteiger partial charge in [-0.15, -0.1) is 0 Å². The lowest BCUT2D eigenvalue weighted by atomic mass is 9.92. The van der Waals surface area contributed by atoms with Crippen LogP contribution in [0.25, 0.3) is 22.3 Å². The first-order valence-electron chi connectivity index (χ1n) is 17.7. The van der Waals surface area contributed by atoms with Crippen LogP contribution in [0, 0.1) is 0 Å². The fraction of sp³-hybridized carbons (Fsp3) is 0.538. The molecule has 0 fully saturated rings. The molecular weight excluding hydrogens is 596 g/mol. The second kappa shape index (κ2) is 19.7. The van der Waals surface area contributed by atoms with Crippen molar-refractivity contribution in [2.24, 2.45) is 0 Å². The normalized spacial score (nSPS) is 11.2. The summed E-state index contributed by atoms with van der Waals surface area (Å²) in [6.45, 7) is 6.29. The molecule has 2 aromatic carbocycles. The molecule has 0 aliphatic heterocycles. The third-order valence-corrected chi connectivity index (χ3v) is 8.55. The predicted molar refractivity (Wildman–Crippen MR) is 186 cm³/mol. The highest BCUT2D eigenvalue weighted by Gasteiger charge is 2.33. The Morgan fingerprint density at radius 1 is 0.638 bits per heavy atom. The summed E-state index contributed by atoms with van der Waals surface area (Å²) in [5, 5.41) is 22.5. The van der Waals surface area contributed by atoms with E-state index in [9.17, 15) is 29.4 Å². The lowest BCUT2D eigenvalue weighted by Gasteiger charge is -2.18. The van der Waals surface area contributed by atoms with Crippen molar-refractivity contribution < 1.29 is 33.8 Å². The molecule has 0 unspecified atom stereocenters. The number of phenolic OH excluding ortho intramolecular Hbond substituents is 1.